The van der Waals surface area contributed by atoms with Gasteiger partial charge in [-0.1, -0.05) is 0 Å². The number of piperazine rings is 1. The first kappa shape index (κ1) is 10.6. The molecule has 0 aliphatic carbocycles. The lowest BCUT2D eigenvalue weighted by Gasteiger charge is -2.26. The molecule has 2 aliphatic heterocycles. The first-order valence-corrected chi connectivity index (χ1v) is 6.26. The maximum Gasteiger partial charge on any atom is 0.281 e. The molecule has 0 amide bonds. The summed E-state index contributed by atoms with van der Waals surface area (Å²) in [5, 5.41) is 3.21. The van der Waals surface area contributed by atoms with Crippen LogP contribution in [0, 0.1) is 0 Å². The molecule has 2 heterocycles. The van der Waals surface area contributed by atoms with Gasteiger partial charge in [-0.15, -0.1) is 4.40 Å². The fraction of sp³-hybridized carbons (Fsp3) is 0.625. The number of hydrogen-bond acceptors (Lipinski definition) is 5. The van der Waals surface area contributed by atoms with Crippen molar-refractivity contribution in [1.29, 1.82) is 0 Å². The van der Waals surface area contributed by atoms with Crippen molar-refractivity contribution in [1.82, 2.24) is 10.2 Å². The van der Waals surface area contributed by atoms with Crippen LogP contribution in [0.25, 0.3) is 0 Å². The summed E-state index contributed by atoms with van der Waals surface area (Å²) in [4.78, 5) is 2.38. The molecule has 0 saturated carbocycles. The third-order valence-corrected chi connectivity index (χ3v) is 3.82. The Balaban J connectivity index is 2.04. The van der Waals surface area contributed by atoms with Crippen LogP contribution in [0.1, 0.15) is 0 Å². The standard InChI is InChI=1S/C8H14N4O2S/c9-8-5-7(15(13,14)11-8)6-12-3-1-10-2-4-12/h5,10H,1-4,6H2,(H2,9,11). The predicted molar refractivity (Wildman–Crippen MR) is 57.9 cm³/mol. The number of hydrogen-bond donors (Lipinski definition) is 2. The van der Waals surface area contributed by atoms with Crippen molar-refractivity contribution in [3.05, 3.63) is 11.0 Å². The van der Waals surface area contributed by atoms with Crippen molar-refractivity contribution in [3.8, 4) is 0 Å². The highest BCUT2D eigenvalue weighted by molar-refractivity contribution is 7.94. The zero-order valence-corrected chi connectivity index (χ0v) is 9.13. The van der Waals surface area contributed by atoms with E-state index in [1.807, 2.05) is 0 Å². The molecular weight excluding hydrogens is 216 g/mol. The predicted octanol–water partition coefficient (Wildman–Crippen LogP) is -1.52. The zero-order chi connectivity index (χ0) is 10.9. The monoisotopic (exact) mass is 230 g/mol. The van der Waals surface area contributed by atoms with E-state index in [-0.39, 0.29) is 5.84 Å². The quantitative estimate of drug-likeness (QED) is 0.601. The summed E-state index contributed by atoms with van der Waals surface area (Å²) in [6.07, 6.45) is 1.44. The second kappa shape index (κ2) is 3.92. The Labute approximate surface area is 88.9 Å². The third-order valence-electron chi connectivity index (χ3n) is 2.45. The minimum atomic E-state index is -3.47. The summed E-state index contributed by atoms with van der Waals surface area (Å²) in [7, 11) is -3.47. The molecule has 0 spiro atoms. The molecule has 2 aliphatic rings. The summed E-state index contributed by atoms with van der Waals surface area (Å²) in [5.74, 6) is 0.0835. The lowest BCUT2D eigenvalue weighted by Crippen LogP contribution is -2.44. The van der Waals surface area contributed by atoms with Gasteiger partial charge in [-0.3, -0.25) is 4.90 Å². The van der Waals surface area contributed by atoms with Crippen molar-refractivity contribution in [2.45, 2.75) is 0 Å². The van der Waals surface area contributed by atoms with Crippen molar-refractivity contribution in [3.63, 3.8) is 0 Å². The first-order valence-electron chi connectivity index (χ1n) is 4.82. The van der Waals surface area contributed by atoms with E-state index >= 15 is 0 Å². The third kappa shape index (κ3) is 2.36. The molecule has 2 rings (SSSR count). The Hall–Kier alpha value is -0.920. The second-order valence-corrected chi connectivity index (χ2v) is 5.29. The molecule has 6 nitrogen and oxygen atoms in total. The Morgan fingerprint density at radius 1 is 1.47 bits per heavy atom. The van der Waals surface area contributed by atoms with Crippen LogP contribution >= 0.6 is 0 Å². The van der Waals surface area contributed by atoms with Crippen LogP contribution in [0.4, 0.5) is 0 Å². The van der Waals surface area contributed by atoms with Gasteiger partial charge in [-0.05, 0) is 6.08 Å². The largest absolute Gasteiger partial charge is 0.383 e. The Kier molecular flexibility index (Phi) is 2.76. The van der Waals surface area contributed by atoms with Crippen molar-refractivity contribution >= 4 is 15.9 Å². The van der Waals surface area contributed by atoms with E-state index in [0.717, 1.165) is 26.2 Å². The Morgan fingerprint density at radius 3 is 2.67 bits per heavy atom. The number of nitrogens with one attached hydrogen (secondary N) is 1. The summed E-state index contributed by atoms with van der Waals surface area (Å²) in [6, 6.07) is 0. The molecule has 7 heteroatoms. The minimum absolute atomic E-state index is 0.0835. The van der Waals surface area contributed by atoms with Crippen LogP contribution < -0.4 is 11.1 Å². The first-order chi connectivity index (χ1) is 7.08. The number of rotatable bonds is 2. The van der Waals surface area contributed by atoms with E-state index in [0.29, 0.717) is 11.4 Å². The molecule has 15 heavy (non-hydrogen) atoms. The van der Waals surface area contributed by atoms with Crippen molar-refractivity contribution < 1.29 is 8.42 Å². The van der Waals surface area contributed by atoms with E-state index < -0.39 is 10.0 Å². The molecule has 0 aromatic rings. The van der Waals surface area contributed by atoms with Crippen LogP contribution in [-0.2, 0) is 10.0 Å². The van der Waals surface area contributed by atoms with Gasteiger partial charge in [0, 0.05) is 32.7 Å². The normalized spacial score (nSPS) is 26.1. The fourth-order valence-corrected chi connectivity index (χ4v) is 2.74. The van der Waals surface area contributed by atoms with Crippen LogP contribution in [0.3, 0.4) is 0 Å². The molecule has 0 aromatic carbocycles. The van der Waals surface area contributed by atoms with Gasteiger partial charge >= 0.3 is 0 Å². The highest BCUT2D eigenvalue weighted by Gasteiger charge is 2.25. The molecule has 0 radical (unpaired) electrons. The Bertz CT molecular complexity index is 406. The van der Waals surface area contributed by atoms with Gasteiger partial charge in [0.25, 0.3) is 10.0 Å². The van der Waals surface area contributed by atoms with Gasteiger partial charge in [-0.25, -0.2) is 0 Å². The molecule has 0 bridgehead atoms. The summed E-state index contributed by atoms with van der Waals surface area (Å²) in [5.41, 5.74) is 5.37. The number of sulfonamides is 1. The topological polar surface area (TPSA) is 87.8 Å². The van der Waals surface area contributed by atoms with Crippen molar-refractivity contribution in [2.75, 3.05) is 32.7 Å². The second-order valence-electron chi connectivity index (χ2n) is 3.63. The van der Waals surface area contributed by atoms with Crippen molar-refractivity contribution in [2.24, 2.45) is 10.1 Å². The van der Waals surface area contributed by atoms with Crippen LogP contribution in [0.2, 0.25) is 0 Å². The average molecular weight is 230 g/mol. The van der Waals surface area contributed by atoms with Gasteiger partial charge in [0.2, 0.25) is 0 Å². The van der Waals surface area contributed by atoms with Crippen LogP contribution in [0.5, 0.6) is 0 Å². The van der Waals surface area contributed by atoms with E-state index in [1.54, 1.807) is 0 Å². The molecule has 0 unspecified atom stereocenters. The zero-order valence-electron chi connectivity index (χ0n) is 8.31. The molecule has 3 N–H and O–H groups in total. The van der Waals surface area contributed by atoms with E-state index in [1.165, 1.54) is 6.08 Å². The summed E-state index contributed by atoms with van der Waals surface area (Å²) >= 11 is 0. The van der Waals surface area contributed by atoms with E-state index in [4.69, 9.17) is 5.73 Å². The molecule has 0 atom stereocenters. The number of nitrogens with two attached hydrogens (primary N) is 1. The van der Waals surface area contributed by atoms with Crippen LogP contribution in [-0.4, -0.2) is 51.9 Å². The highest BCUT2D eigenvalue weighted by atomic mass is 32.2. The molecule has 84 valence electrons. The molecular formula is C8H14N4O2S. The maximum atomic E-state index is 11.5. The average Bonchev–Trinajstić information content (AvgIpc) is 2.41. The smallest absolute Gasteiger partial charge is 0.281 e. The van der Waals surface area contributed by atoms with Gasteiger partial charge < -0.3 is 11.1 Å². The number of amidine groups is 1. The molecule has 0 aromatic heterocycles. The lowest BCUT2D eigenvalue weighted by molar-refractivity contribution is 0.262. The fourth-order valence-electron chi connectivity index (χ4n) is 1.68. The van der Waals surface area contributed by atoms with Gasteiger partial charge in [-0.2, -0.15) is 8.42 Å². The minimum Gasteiger partial charge on any atom is -0.383 e. The van der Waals surface area contributed by atoms with Gasteiger partial charge in [0.05, 0.1) is 4.91 Å². The highest BCUT2D eigenvalue weighted by Crippen LogP contribution is 2.16. The maximum absolute atomic E-state index is 11.5. The lowest BCUT2D eigenvalue weighted by atomic mass is 10.3. The summed E-state index contributed by atoms with van der Waals surface area (Å²) < 4.78 is 26.3. The molecule has 1 saturated heterocycles. The van der Waals surface area contributed by atoms with Gasteiger partial charge in [0.1, 0.15) is 5.84 Å². The van der Waals surface area contributed by atoms with Crippen LogP contribution in [0.15, 0.2) is 15.4 Å². The Morgan fingerprint density at radius 2 is 2.13 bits per heavy atom. The molecule has 1 fully saturated rings. The van der Waals surface area contributed by atoms with E-state index in [2.05, 4.69) is 14.6 Å². The van der Waals surface area contributed by atoms with E-state index in [9.17, 15) is 8.42 Å². The number of nitrogens with zero attached hydrogens (tertiary/aromatic N) is 2. The SMILES string of the molecule is NC1=NS(=O)(=O)C(CN2CCNCC2)=C1. The van der Waals surface area contributed by atoms with Gasteiger partial charge in [0.15, 0.2) is 0 Å². The summed E-state index contributed by atoms with van der Waals surface area (Å²) in [6.45, 7) is 3.90.